The zero-order valence-electron chi connectivity index (χ0n) is 17.4. The molecule has 0 spiro atoms. The Morgan fingerprint density at radius 1 is 1.17 bits per heavy atom. The monoisotopic (exact) mass is 398 g/mol. The molecule has 0 bridgehead atoms. The molecule has 6 heteroatoms. The highest BCUT2D eigenvalue weighted by Crippen LogP contribution is 2.35. The van der Waals surface area contributed by atoms with E-state index in [9.17, 15) is 14.4 Å². The predicted molar refractivity (Wildman–Crippen MR) is 109 cm³/mol. The van der Waals surface area contributed by atoms with Crippen molar-refractivity contribution in [3.63, 3.8) is 0 Å². The summed E-state index contributed by atoms with van der Waals surface area (Å²) in [6.07, 6.45) is 3.31. The third kappa shape index (κ3) is 4.22. The van der Waals surface area contributed by atoms with Gasteiger partial charge in [-0.15, -0.1) is 0 Å². The number of hydrogen-bond donors (Lipinski definition) is 1. The Labute approximate surface area is 172 Å². The lowest BCUT2D eigenvalue weighted by Gasteiger charge is -2.27. The SMILES string of the molecule is CC(C)(C)c1ccc(C(=O)NC(CC2CC2)C(=O)N2CCC3OCC(=O)C32)cc1. The van der Waals surface area contributed by atoms with E-state index in [2.05, 4.69) is 26.1 Å². The maximum absolute atomic E-state index is 13.3. The number of amides is 2. The van der Waals surface area contributed by atoms with Crippen molar-refractivity contribution in [1.82, 2.24) is 10.2 Å². The van der Waals surface area contributed by atoms with E-state index in [0.717, 1.165) is 18.4 Å². The second kappa shape index (κ2) is 7.56. The second-order valence-electron chi connectivity index (χ2n) is 9.61. The van der Waals surface area contributed by atoms with Gasteiger partial charge in [0, 0.05) is 12.1 Å². The fourth-order valence-corrected chi connectivity index (χ4v) is 4.31. The minimum absolute atomic E-state index is 0.0155. The van der Waals surface area contributed by atoms with Gasteiger partial charge in [-0.05, 0) is 41.9 Å². The number of benzene rings is 1. The molecule has 2 saturated heterocycles. The van der Waals surface area contributed by atoms with Gasteiger partial charge in [0.05, 0.1) is 6.10 Å². The Bertz CT molecular complexity index is 807. The third-order valence-electron chi connectivity index (χ3n) is 6.28. The van der Waals surface area contributed by atoms with E-state index in [1.807, 2.05) is 24.3 Å². The molecule has 3 aliphatic rings. The first-order valence-corrected chi connectivity index (χ1v) is 10.6. The molecule has 3 unspecified atom stereocenters. The lowest BCUT2D eigenvalue weighted by molar-refractivity contribution is -0.138. The van der Waals surface area contributed by atoms with Crippen molar-refractivity contribution in [2.45, 2.75) is 70.1 Å². The number of ketones is 1. The number of likely N-dealkylation sites (tertiary alicyclic amines) is 1. The maximum atomic E-state index is 13.3. The Morgan fingerprint density at radius 3 is 2.48 bits per heavy atom. The summed E-state index contributed by atoms with van der Waals surface area (Å²) in [6.45, 7) is 6.98. The Kier molecular flexibility index (Phi) is 5.23. The minimum Gasteiger partial charge on any atom is -0.368 e. The van der Waals surface area contributed by atoms with Crippen molar-refractivity contribution < 1.29 is 19.1 Å². The van der Waals surface area contributed by atoms with Gasteiger partial charge in [0.15, 0.2) is 5.78 Å². The summed E-state index contributed by atoms with van der Waals surface area (Å²) in [4.78, 5) is 39.9. The quantitative estimate of drug-likeness (QED) is 0.827. The fraction of sp³-hybridized carbons (Fsp3) is 0.609. The summed E-state index contributed by atoms with van der Waals surface area (Å²) in [5.41, 5.74) is 1.72. The van der Waals surface area contributed by atoms with Crippen LogP contribution < -0.4 is 5.32 Å². The fourth-order valence-electron chi connectivity index (χ4n) is 4.31. The van der Waals surface area contributed by atoms with Crippen molar-refractivity contribution in [2.75, 3.05) is 13.2 Å². The van der Waals surface area contributed by atoms with E-state index in [0.29, 0.717) is 30.9 Å². The first-order chi connectivity index (χ1) is 13.7. The van der Waals surface area contributed by atoms with Crippen LogP contribution >= 0.6 is 0 Å². The molecule has 29 heavy (non-hydrogen) atoms. The first-order valence-electron chi connectivity index (χ1n) is 10.6. The lowest BCUT2D eigenvalue weighted by Crippen LogP contribution is -2.52. The molecule has 1 saturated carbocycles. The minimum atomic E-state index is -0.593. The molecular formula is C23H30N2O4. The second-order valence-corrected chi connectivity index (χ2v) is 9.61. The molecule has 0 aromatic heterocycles. The van der Waals surface area contributed by atoms with Gasteiger partial charge in [0.2, 0.25) is 5.91 Å². The summed E-state index contributed by atoms with van der Waals surface area (Å²) < 4.78 is 5.50. The van der Waals surface area contributed by atoms with Crippen molar-refractivity contribution in [2.24, 2.45) is 5.92 Å². The van der Waals surface area contributed by atoms with Crippen LogP contribution in [0.25, 0.3) is 0 Å². The Morgan fingerprint density at radius 2 is 1.86 bits per heavy atom. The van der Waals surface area contributed by atoms with Crippen molar-refractivity contribution in [1.29, 1.82) is 0 Å². The Balaban J connectivity index is 1.47. The van der Waals surface area contributed by atoms with E-state index in [-0.39, 0.29) is 35.7 Å². The molecule has 4 rings (SSSR count). The van der Waals surface area contributed by atoms with Crippen LogP contribution in [0.4, 0.5) is 0 Å². The van der Waals surface area contributed by atoms with Crippen molar-refractivity contribution in [3.8, 4) is 0 Å². The van der Waals surface area contributed by atoms with Crippen LogP contribution in [0.1, 0.15) is 62.4 Å². The Hall–Kier alpha value is -2.21. The average Bonchev–Trinajstić information content (AvgIpc) is 3.27. The molecule has 0 radical (unpaired) electrons. The van der Waals surface area contributed by atoms with Gasteiger partial charge in [0.25, 0.3) is 5.91 Å². The number of Topliss-reactive ketones (excluding diaryl/α,β-unsaturated/α-hetero) is 1. The van der Waals surface area contributed by atoms with Gasteiger partial charge in [0.1, 0.15) is 18.7 Å². The van der Waals surface area contributed by atoms with E-state index in [1.54, 1.807) is 4.90 Å². The normalized spacial score (nSPS) is 25.1. The van der Waals surface area contributed by atoms with Crippen LogP contribution in [0, 0.1) is 5.92 Å². The summed E-state index contributed by atoms with van der Waals surface area (Å²) in [5.74, 6) is 0.0497. The molecule has 3 atom stereocenters. The third-order valence-corrected chi connectivity index (χ3v) is 6.28. The van der Waals surface area contributed by atoms with Crippen LogP contribution in [0.5, 0.6) is 0 Å². The summed E-state index contributed by atoms with van der Waals surface area (Å²) >= 11 is 0. The molecule has 6 nitrogen and oxygen atoms in total. The van der Waals surface area contributed by atoms with E-state index < -0.39 is 12.1 Å². The zero-order valence-corrected chi connectivity index (χ0v) is 17.4. The van der Waals surface area contributed by atoms with Gasteiger partial charge in [-0.25, -0.2) is 0 Å². The summed E-state index contributed by atoms with van der Waals surface area (Å²) in [7, 11) is 0. The van der Waals surface area contributed by atoms with Gasteiger partial charge in [-0.3, -0.25) is 14.4 Å². The molecule has 1 aromatic carbocycles. The molecule has 3 fully saturated rings. The largest absolute Gasteiger partial charge is 0.368 e. The van der Waals surface area contributed by atoms with Crippen molar-refractivity contribution >= 4 is 17.6 Å². The molecule has 1 N–H and O–H groups in total. The number of hydrogen-bond acceptors (Lipinski definition) is 4. The van der Waals surface area contributed by atoms with E-state index in [1.165, 1.54) is 0 Å². The molecule has 2 heterocycles. The van der Waals surface area contributed by atoms with Gasteiger partial charge in [-0.2, -0.15) is 0 Å². The van der Waals surface area contributed by atoms with Crippen LogP contribution in [-0.2, 0) is 19.7 Å². The summed E-state index contributed by atoms with van der Waals surface area (Å²) in [5, 5.41) is 2.95. The van der Waals surface area contributed by atoms with Crippen LogP contribution in [0.3, 0.4) is 0 Å². The standard InChI is InChI=1S/C23H30N2O4/c1-23(2,3)16-8-6-15(7-9-16)21(27)24-17(12-14-4-5-14)22(28)25-11-10-19-20(25)18(26)13-29-19/h6-9,14,17,19-20H,4-5,10-13H2,1-3H3,(H,24,27). The summed E-state index contributed by atoms with van der Waals surface area (Å²) in [6, 6.07) is 6.49. The molecule has 2 aliphatic heterocycles. The molecule has 1 aliphatic carbocycles. The molecular weight excluding hydrogens is 368 g/mol. The van der Waals surface area contributed by atoms with Gasteiger partial charge < -0.3 is 15.0 Å². The number of carbonyl (C=O) groups excluding carboxylic acids is 3. The number of rotatable bonds is 5. The number of nitrogens with one attached hydrogen (secondary N) is 1. The number of ether oxygens (including phenoxy) is 1. The topological polar surface area (TPSA) is 75.7 Å². The highest BCUT2D eigenvalue weighted by Gasteiger charge is 2.48. The predicted octanol–water partition coefficient (Wildman–Crippen LogP) is 2.45. The zero-order chi connectivity index (χ0) is 20.8. The molecule has 156 valence electrons. The van der Waals surface area contributed by atoms with Gasteiger partial charge in [-0.1, -0.05) is 45.7 Å². The maximum Gasteiger partial charge on any atom is 0.251 e. The number of nitrogens with zero attached hydrogens (tertiary/aromatic N) is 1. The van der Waals surface area contributed by atoms with E-state index in [4.69, 9.17) is 4.74 Å². The van der Waals surface area contributed by atoms with Crippen LogP contribution in [0.2, 0.25) is 0 Å². The van der Waals surface area contributed by atoms with E-state index >= 15 is 0 Å². The lowest BCUT2D eigenvalue weighted by atomic mass is 9.86. The number of carbonyl (C=O) groups is 3. The first kappa shape index (κ1) is 20.1. The average molecular weight is 399 g/mol. The van der Waals surface area contributed by atoms with Crippen LogP contribution in [0.15, 0.2) is 24.3 Å². The van der Waals surface area contributed by atoms with Gasteiger partial charge >= 0.3 is 0 Å². The highest BCUT2D eigenvalue weighted by atomic mass is 16.5. The highest BCUT2D eigenvalue weighted by molar-refractivity contribution is 5.99. The molecule has 1 aromatic rings. The van der Waals surface area contributed by atoms with Crippen molar-refractivity contribution in [3.05, 3.63) is 35.4 Å². The van der Waals surface area contributed by atoms with Crippen LogP contribution in [-0.4, -0.2) is 53.8 Å². The molecule has 2 amide bonds. The smallest absolute Gasteiger partial charge is 0.251 e. The number of fused-ring (bicyclic) bond motifs is 1.